The van der Waals surface area contributed by atoms with Crippen LogP contribution in [0.3, 0.4) is 0 Å². The van der Waals surface area contributed by atoms with Gasteiger partial charge in [-0.05, 0) is 44.9 Å². The number of amidine groups is 1. The lowest BCUT2D eigenvalue weighted by Gasteiger charge is -2.30. The summed E-state index contributed by atoms with van der Waals surface area (Å²) in [4.78, 5) is 25.1. The SMILES string of the molecule is C=C(N=CC(C)=NCC)C(=O)Nc1cccc(C2(C)CCSC(N)=N2)c1. The lowest BCUT2D eigenvalue weighted by molar-refractivity contribution is -0.112. The molecule has 26 heavy (non-hydrogen) atoms. The van der Waals surface area contributed by atoms with E-state index in [-0.39, 0.29) is 17.1 Å². The Bertz CT molecular complexity index is 784. The van der Waals surface area contributed by atoms with Crippen molar-refractivity contribution in [2.45, 2.75) is 32.7 Å². The predicted octanol–water partition coefficient (Wildman–Crippen LogP) is 3.36. The van der Waals surface area contributed by atoms with Gasteiger partial charge in [-0.3, -0.25) is 14.8 Å². The number of hydrogen-bond donors (Lipinski definition) is 2. The molecule has 1 unspecified atom stereocenters. The molecule has 7 heteroatoms. The van der Waals surface area contributed by atoms with Crippen molar-refractivity contribution in [2.24, 2.45) is 20.7 Å². The van der Waals surface area contributed by atoms with Gasteiger partial charge in [0.2, 0.25) is 0 Å². The van der Waals surface area contributed by atoms with E-state index in [4.69, 9.17) is 5.73 Å². The third-order valence-electron chi connectivity index (χ3n) is 4.01. The Kier molecular flexibility index (Phi) is 6.74. The minimum absolute atomic E-state index is 0.128. The fraction of sp³-hybridized carbons (Fsp3) is 0.368. The molecule has 2 rings (SSSR count). The number of nitrogens with zero attached hydrogens (tertiary/aromatic N) is 3. The number of carbonyl (C=O) groups is 1. The number of anilines is 1. The third-order valence-corrected chi connectivity index (χ3v) is 4.81. The van der Waals surface area contributed by atoms with Crippen molar-refractivity contribution in [1.82, 2.24) is 0 Å². The van der Waals surface area contributed by atoms with Crippen LogP contribution < -0.4 is 11.1 Å². The van der Waals surface area contributed by atoms with E-state index >= 15 is 0 Å². The van der Waals surface area contributed by atoms with Crippen LogP contribution in [-0.4, -0.2) is 35.3 Å². The summed E-state index contributed by atoms with van der Waals surface area (Å²) in [7, 11) is 0. The maximum absolute atomic E-state index is 12.3. The number of hydrogen-bond acceptors (Lipinski definition) is 6. The molecule has 1 amide bonds. The first-order chi connectivity index (χ1) is 12.3. The summed E-state index contributed by atoms with van der Waals surface area (Å²) < 4.78 is 0. The van der Waals surface area contributed by atoms with Crippen LogP contribution in [0.4, 0.5) is 5.69 Å². The lowest BCUT2D eigenvalue weighted by Crippen LogP contribution is -2.28. The molecule has 6 nitrogen and oxygen atoms in total. The third kappa shape index (κ3) is 5.29. The highest BCUT2D eigenvalue weighted by Gasteiger charge is 2.29. The van der Waals surface area contributed by atoms with Crippen molar-refractivity contribution in [3.8, 4) is 0 Å². The number of carbonyl (C=O) groups excluding carboxylic acids is 1. The number of nitrogens with one attached hydrogen (secondary N) is 1. The van der Waals surface area contributed by atoms with Gasteiger partial charge in [0.05, 0.1) is 5.54 Å². The van der Waals surface area contributed by atoms with Gasteiger partial charge in [0, 0.05) is 29.9 Å². The second kappa shape index (κ2) is 8.80. The molecule has 0 radical (unpaired) electrons. The fourth-order valence-corrected chi connectivity index (χ4v) is 3.52. The Morgan fingerprint density at radius 1 is 1.54 bits per heavy atom. The first-order valence-corrected chi connectivity index (χ1v) is 9.46. The van der Waals surface area contributed by atoms with Crippen LogP contribution in [0.25, 0.3) is 0 Å². The number of rotatable bonds is 6. The summed E-state index contributed by atoms with van der Waals surface area (Å²) in [5.41, 5.74) is 8.09. The minimum Gasteiger partial charge on any atom is -0.379 e. The average molecular weight is 372 g/mol. The Morgan fingerprint density at radius 2 is 2.31 bits per heavy atom. The van der Waals surface area contributed by atoms with E-state index < -0.39 is 0 Å². The molecule has 1 aromatic rings. The average Bonchev–Trinajstić information content (AvgIpc) is 2.60. The topological polar surface area (TPSA) is 92.2 Å². The van der Waals surface area contributed by atoms with Crippen molar-refractivity contribution < 1.29 is 4.79 Å². The van der Waals surface area contributed by atoms with Gasteiger partial charge in [0.1, 0.15) is 5.70 Å². The summed E-state index contributed by atoms with van der Waals surface area (Å²) in [6, 6.07) is 7.65. The van der Waals surface area contributed by atoms with Crippen LogP contribution in [0.5, 0.6) is 0 Å². The van der Waals surface area contributed by atoms with E-state index in [0.29, 0.717) is 17.4 Å². The molecule has 0 saturated heterocycles. The molecule has 0 aromatic heterocycles. The van der Waals surface area contributed by atoms with Crippen LogP contribution in [0.2, 0.25) is 0 Å². The van der Waals surface area contributed by atoms with Crippen LogP contribution in [0.15, 0.2) is 51.5 Å². The normalized spacial score (nSPS) is 20.7. The number of aliphatic imine (C=N–C) groups is 3. The van der Waals surface area contributed by atoms with Crippen molar-refractivity contribution in [3.63, 3.8) is 0 Å². The van der Waals surface area contributed by atoms with E-state index in [9.17, 15) is 4.79 Å². The summed E-state index contributed by atoms with van der Waals surface area (Å²) in [5, 5.41) is 3.43. The monoisotopic (exact) mass is 371 g/mol. The van der Waals surface area contributed by atoms with Crippen LogP contribution in [0.1, 0.15) is 32.8 Å². The molecule has 3 N–H and O–H groups in total. The molecule has 1 aromatic carbocycles. The van der Waals surface area contributed by atoms with E-state index in [1.165, 1.54) is 0 Å². The van der Waals surface area contributed by atoms with Gasteiger partial charge < -0.3 is 11.1 Å². The van der Waals surface area contributed by atoms with E-state index in [1.807, 2.05) is 38.1 Å². The Morgan fingerprint density at radius 3 is 3.00 bits per heavy atom. The number of thioether (sulfide) groups is 1. The first kappa shape index (κ1) is 19.9. The van der Waals surface area contributed by atoms with E-state index in [0.717, 1.165) is 23.4 Å². The Labute approximate surface area is 158 Å². The standard InChI is InChI=1S/C19H25N5OS/c1-5-21-13(2)12-22-14(3)17(25)23-16-8-6-7-15(11-16)19(4)9-10-26-18(20)24-19/h6-8,11-12H,3,5,9-10H2,1-2,4H3,(H2,20,24)(H,23,25). The zero-order valence-electron chi connectivity index (χ0n) is 15.5. The van der Waals surface area contributed by atoms with Gasteiger partial charge >= 0.3 is 0 Å². The highest BCUT2D eigenvalue weighted by Crippen LogP contribution is 2.35. The van der Waals surface area contributed by atoms with Crippen LogP contribution >= 0.6 is 11.8 Å². The summed E-state index contributed by atoms with van der Waals surface area (Å²) in [6.07, 6.45) is 2.43. The molecule has 1 atom stereocenters. The molecular weight excluding hydrogens is 346 g/mol. The van der Waals surface area contributed by atoms with Gasteiger partial charge in [-0.1, -0.05) is 30.5 Å². The fourth-order valence-electron chi connectivity index (χ4n) is 2.55. The second-order valence-electron chi connectivity index (χ2n) is 6.18. The van der Waals surface area contributed by atoms with Gasteiger partial charge in [0.25, 0.3) is 5.91 Å². The quantitative estimate of drug-likeness (QED) is 0.593. The second-order valence-corrected chi connectivity index (χ2v) is 7.29. The van der Waals surface area contributed by atoms with Crippen LogP contribution in [-0.2, 0) is 10.3 Å². The molecule has 0 bridgehead atoms. The lowest BCUT2D eigenvalue weighted by atomic mass is 9.89. The van der Waals surface area contributed by atoms with Crippen LogP contribution in [0, 0.1) is 0 Å². The molecule has 0 aliphatic carbocycles. The Hall–Kier alpha value is -2.41. The summed E-state index contributed by atoms with van der Waals surface area (Å²) in [6.45, 7) is 10.2. The largest absolute Gasteiger partial charge is 0.379 e. The van der Waals surface area contributed by atoms with Gasteiger partial charge in [-0.25, -0.2) is 4.99 Å². The highest BCUT2D eigenvalue weighted by atomic mass is 32.2. The molecule has 0 saturated carbocycles. The van der Waals surface area contributed by atoms with Gasteiger partial charge in [-0.2, -0.15) is 0 Å². The Balaban J connectivity index is 2.11. The van der Waals surface area contributed by atoms with Crippen molar-refractivity contribution in [1.29, 1.82) is 0 Å². The van der Waals surface area contributed by atoms with E-state index in [2.05, 4.69) is 33.8 Å². The first-order valence-electron chi connectivity index (χ1n) is 8.48. The zero-order chi connectivity index (χ0) is 19.2. The summed E-state index contributed by atoms with van der Waals surface area (Å²) in [5.74, 6) is 0.571. The van der Waals surface area contributed by atoms with Gasteiger partial charge in [0.15, 0.2) is 5.17 Å². The molecule has 0 spiro atoms. The highest BCUT2D eigenvalue weighted by molar-refractivity contribution is 8.13. The van der Waals surface area contributed by atoms with Gasteiger partial charge in [-0.15, -0.1) is 0 Å². The molecule has 0 fully saturated rings. The molecule has 1 aliphatic rings. The smallest absolute Gasteiger partial charge is 0.273 e. The molecule has 138 valence electrons. The number of benzene rings is 1. The summed E-state index contributed by atoms with van der Waals surface area (Å²) >= 11 is 1.57. The van der Waals surface area contributed by atoms with E-state index in [1.54, 1.807) is 18.0 Å². The number of amides is 1. The minimum atomic E-state index is -0.376. The maximum Gasteiger partial charge on any atom is 0.273 e. The number of nitrogens with two attached hydrogens (primary N) is 1. The van der Waals surface area contributed by atoms with Crippen molar-refractivity contribution in [2.75, 3.05) is 17.6 Å². The van der Waals surface area contributed by atoms with Crippen molar-refractivity contribution in [3.05, 3.63) is 42.1 Å². The predicted molar refractivity (Wildman–Crippen MR) is 112 cm³/mol. The zero-order valence-corrected chi connectivity index (χ0v) is 16.3. The molecule has 1 heterocycles. The molecular formula is C19H25N5OS. The molecule has 1 aliphatic heterocycles. The van der Waals surface area contributed by atoms with Crippen molar-refractivity contribution >= 4 is 40.5 Å². The maximum atomic E-state index is 12.3.